The average Bonchev–Trinajstić information content (AvgIpc) is 2.66. The van der Waals surface area contributed by atoms with E-state index in [0.29, 0.717) is 18.7 Å². The van der Waals surface area contributed by atoms with Gasteiger partial charge in [0.05, 0.1) is 0 Å². The topological polar surface area (TPSA) is 65.5 Å². The number of likely N-dealkylation sites (N-methyl/N-ethyl adjacent to an activating group) is 1. The van der Waals surface area contributed by atoms with Crippen LogP contribution in [0.1, 0.15) is 32.8 Å². The van der Waals surface area contributed by atoms with Crippen molar-refractivity contribution in [1.82, 2.24) is 15.2 Å². The van der Waals surface area contributed by atoms with E-state index in [0.717, 1.165) is 25.1 Å². The van der Waals surface area contributed by atoms with Crippen LogP contribution in [-0.4, -0.2) is 55.4 Å². The SMILES string of the molecule is CN(C)CCNC(=O)c1cc(C(=O)N2CCCc3ccccc32)ccn1. The highest BCUT2D eigenvalue weighted by Crippen LogP contribution is 2.28. The molecule has 2 heterocycles. The van der Waals surface area contributed by atoms with Crippen molar-refractivity contribution in [2.45, 2.75) is 12.8 Å². The number of aryl methyl sites for hydroxylation is 1. The van der Waals surface area contributed by atoms with E-state index in [1.807, 2.05) is 37.2 Å². The van der Waals surface area contributed by atoms with Gasteiger partial charge in [-0.2, -0.15) is 0 Å². The predicted molar refractivity (Wildman–Crippen MR) is 102 cm³/mol. The number of hydrogen-bond acceptors (Lipinski definition) is 4. The zero-order valence-electron chi connectivity index (χ0n) is 15.2. The zero-order valence-corrected chi connectivity index (χ0v) is 15.2. The van der Waals surface area contributed by atoms with Gasteiger partial charge in [0.2, 0.25) is 0 Å². The summed E-state index contributed by atoms with van der Waals surface area (Å²) in [4.78, 5) is 33.2. The van der Waals surface area contributed by atoms with Gasteiger partial charge >= 0.3 is 0 Å². The summed E-state index contributed by atoms with van der Waals surface area (Å²) in [5, 5.41) is 2.82. The fraction of sp³-hybridized carbons (Fsp3) is 0.350. The standard InChI is InChI=1S/C20H24N4O2/c1-23(2)13-11-22-19(25)17-14-16(9-10-21-17)20(26)24-12-5-7-15-6-3-4-8-18(15)24/h3-4,6,8-10,14H,5,7,11-13H2,1-2H3,(H,22,25). The van der Waals surface area contributed by atoms with Crippen LogP contribution in [0.2, 0.25) is 0 Å². The van der Waals surface area contributed by atoms with E-state index in [4.69, 9.17) is 0 Å². The fourth-order valence-electron chi connectivity index (χ4n) is 3.07. The third-order valence-corrected chi connectivity index (χ3v) is 4.44. The Morgan fingerprint density at radius 1 is 1.23 bits per heavy atom. The molecule has 0 fully saturated rings. The van der Waals surface area contributed by atoms with Crippen molar-refractivity contribution in [3.8, 4) is 0 Å². The predicted octanol–water partition coefficient (Wildman–Crippen LogP) is 1.97. The molecule has 0 radical (unpaired) electrons. The molecule has 0 bridgehead atoms. The molecule has 0 spiro atoms. The summed E-state index contributed by atoms with van der Waals surface area (Å²) in [6.07, 6.45) is 3.44. The maximum absolute atomic E-state index is 13.0. The summed E-state index contributed by atoms with van der Waals surface area (Å²) in [5.41, 5.74) is 2.88. The minimum atomic E-state index is -0.263. The molecule has 1 N–H and O–H groups in total. The molecule has 0 saturated carbocycles. The molecule has 1 aromatic carbocycles. The zero-order chi connectivity index (χ0) is 18.5. The fourth-order valence-corrected chi connectivity index (χ4v) is 3.07. The number of rotatable bonds is 5. The van der Waals surface area contributed by atoms with E-state index in [1.165, 1.54) is 11.8 Å². The molecule has 0 unspecified atom stereocenters. The van der Waals surface area contributed by atoms with Crippen LogP contribution < -0.4 is 10.2 Å². The van der Waals surface area contributed by atoms with E-state index < -0.39 is 0 Å². The lowest BCUT2D eigenvalue weighted by molar-refractivity contribution is 0.0946. The van der Waals surface area contributed by atoms with Crippen LogP contribution in [0.5, 0.6) is 0 Å². The number of nitrogens with one attached hydrogen (secondary N) is 1. The van der Waals surface area contributed by atoms with Gasteiger partial charge in [-0.25, -0.2) is 0 Å². The van der Waals surface area contributed by atoms with Gasteiger partial charge in [0.1, 0.15) is 5.69 Å². The van der Waals surface area contributed by atoms with Crippen molar-refractivity contribution in [2.75, 3.05) is 38.6 Å². The summed E-state index contributed by atoms with van der Waals surface area (Å²) in [6, 6.07) is 11.2. The Labute approximate surface area is 153 Å². The van der Waals surface area contributed by atoms with Crippen LogP contribution in [0.25, 0.3) is 0 Å². The molecule has 1 aromatic heterocycles. The van der Waals surface area contributed by atoms with Crippen LogP contribution in [0.15, 0.2) is 42.6 Å². The van der Waals surface area contributed by atoms with Crippen LogP contribution in [0.3, 0.4) is 0 Å². The van der Waals surface area contributed by atoms with Crippen LogP contribution in [0, 0.1) is 0 Å². The Morgan fingerprint density at radius 2 is 2.04 bits per heavy atom. The van der Waals surface area contributed by atoms with Crippen molar-refractivity contribution in [3.63, 3.8) is 0 Å². The quantitative estimate of drug-likeness (QED) is 0.893. The normalized spacial score (nSPS) is 13.4. The van der Waals surface area contributed by atoms with Gasteiger partial charge in [-0.1, -0.05) is 18.2 Å². The molecule has 26 heavy (non-hydrogen) atoms. The van der Waals surface area contributed by atoms with Crippen LogP contribution >= 0.6 is 0 Å². The van der Waals surface area contributed by atoms with Gasteiger partial charge in [-0.05, 0) is 50.7 Å². The largest absolute Gasteiger partial charge is 0.349 e. The van der Waals surface area contributed by atoms with E-state index in [-0.39, 0.29) is 17.5 Å². The number of pyridine rings is 1. The summed E-state index contributed by atoms with van der Waals surface area (Å²) >= 11 is 0. The lowest BCUT2D eigenvalue weighted by Gasteiger charge is -2.29. The van der Waals surface area contributed by atoms with Crippen molar-refractivity contribution in [1.29, 1.82) is 0 Å². The maximum Gasteiger partial charge on any atom is 0.269 e. The number of amides is 2. The van der Waals surface area contributed by atoms with E-state index >= 15 is 0 Å². The number of anilines is 1. The monoisotopic (exact) mass is 352 g/mol. The third-order valence-electron chi connectivity index (χ3n) is 4.44. The van der Waals surface area contributed by atoms with Crippen LogP contribution in [0.4, 0.5) is 5.69 Å². The first-order valence-electron chi connectivity index (χ1n) is 8.85. The molecule has 1 aliphatic heterocycles. The highest BCUT2D eigenvalue weighted by Gasteiger charge is 2.24. The van der Waals surface area contributed by atoms with Crippen molar-refractivity contribution in [3.05, 3.63) is 59.4 Å². The van der Waals surface area contributed by atoms with Gasteiger partial charge < -0.3 is 15.1 Å². The molecule has 0 saturated heterocycles. The average molecular weight is 352 g/mol. The number of para-hydroxylation sites is 1. The van der Waals surface area contributed by atoms with Crippen LogP contribution in [-0.2, 0) is 6.42 Å². The third kappa shape index (κ3) is 4.08. The number of aromatic nitrogens is 1. The Kier molecular flexibility index (Phi) is 5.63. The summed E-state index contributed by atoms with van der Waals surface area (Å²) in [7, 11) is 3.89. The number of carbonyl (C=O) groups is 2. The first-order valence-corrected chi connectivity index (χ1v) is 8.85. The van der Waals surface area contributed by atoms with Gasteiger partial charge in [0, 0.05) is 37.1 Å². The van der Waals surface area contributed by atoms with Gasteiger partial charge in [-0.3, -0.25) is 14.6 Å². The summed E-state index contributed by atoms with van der Waals surface area (Å²) < 4.78 is 0. The van der Waals surface area contributed by atoms with E-state index in [1.54, 1.807) is 17.0 Å². The molecule has 3 rings (SSSR count). The minimum absolute atomic E-state index is 0.0955. The van der Waals surface area contributed by atoms with Crippen molar-refractivity contribution >= 4 is 17.5 Å². The molecule has 2 aromatic rings. The first-order chi connectivity index (χ1) is 12.6. The number of hydrogen-bond donors (Lipinski definition) is 1. The second-order valence-corrected chi connectivity index (χ2v) is 6.68. The second kappa shape index (κ2) is 8.10. The lowest BCUT2D eigenvalue weighted by Crippen LogP contribution is -2.36. The van der Waals surface area contributed by atoms with E-state index in [2.05, 4.69) is 16.4 Å². The number of fused-ring (bicyclic) bond motifs is 1. The Hall–Kier alpha value is -2.73. The first kappa shape index (κ1) is 18.1. The molecular formula is C20H24N4O2. The van der Waals surface area contributed by atoms with Crippen molar-refractivity contribution in [2.24, 2.45) is 0 Å². The molecule has 1 aliphatic rings. The Balaban J connectivity index is 1.76. The Morgan fingerprint density at radius 3 is 2.85 bits per heavy atom. The summed E-state index contributed by atoms with van der Waals surface area (Å²) in [5.74, 6) is -0.359. The van der Waals surface area contributed by atoms with Gasteiger partial charge in [-0.15, -0.1) is 0 Å². The Bertz CT molecular complexity index is 804. The molecule has 6 heteroatoms. The number of nitrogens with zero attached hydrogens (tertiary/aromatic N) is 3. The van der Waals surface area contributed by atoms with Gasteiger partial charge in [0.25, 0.3) is 11.8 Å². The highest BCUT2D eigenvalue weighted by molar-refractivity contribution is 6.07. The molecule has 6 nitrogen and oxygen atoms in total. The smallest absolute Gasteiger partial charge is 0.269 e. The molecular weight excluding hydrogens is 328 g/mol. The molecule has 0 aliphatic carbocycles. The number of carbonyl (C=O) groups excluding carboxylic acids is 2. The molecule has 136 valence electrons. The molecule has 0 atom stereocenters. The van der Waals surface area contributed by atoms with Crippen molar-refractivity contribution < 1.29 is 9.59 Å². The lowest BCUT2D eigenvalue weighted by atomic mass is 10.0. The maximum atomic E-state index is 13.0. The molecule has 2 amide bonds. The summed E-state index contributed by atoms with van der Waals surface area (Å²) in [6.45, 7) is 1.96. The van der Waals surface area contributed by atoms with E-state index in [9.17, 15) is 9.59 Å². The minimum Gasteiger partial charge on any atom is -0.349 e. The second-order valence-electron chi connectivity index (χ2n) is 6.68. The number of benzene rings is 1. The van der Waals surface area contributed by atoms with Gasteiger partial charge in [0.15, 0.2) is 0 Å². The highest BCUT2D eigenvalue weighted by atomic mass is 16.2.